The van der Waals surface area contributed by atoms with Crippen molar-refractivity contribution < 1.29 is 9.53 Å². The number of nitrogens with zero attached hydrogens (tertiary/aromatic N) is 1. The van der Waals surface area contributed by atoms with E-state index in [0.29, 0.717) is 12.2 Å². The minimum atomic E-state index is -0.251. The average Bonchev–Trinajstić information content (AvgIpc) is 2.75. The Hall–Kier alpha value is -2.29. The van der Waals surface area contributed by atoms with Gasteiger partial charge in [-0.15, -0.1) is 0 Å². The minimum absolute atomic E-state index is 0.251. The predicted molar refractivity (Wildman–Crippen MR) is 75.6 cm³/mol. The summed E-state index contributed by atoms with van der Waals surface area (Å²) in [5.74, 6) is -0.251. The second-order valence-electron chi connectivity index (χ2n) is 4.57. The van der Waals surface area contributed by atoms with Gasteiger partial charge in [0.1, 0.15) is 0 Å². The summed E-state index contributed by atoms with van der Waals surface area (Å²) >= 11 is 0. The second kappa shape index (κ2) is 4.43. The summed E-state index contributed by atoms with van der Waals surface area (Å²) in [4.78, 5) is 12.1. The predicted octanol–water partition coefficient (Wildman–Crippen LogP) is 3.58. The van der Waals surface area contributed by atoms with Crippen LogP contribution >= 0.6 is 0 Å². The van der Waals surface area contributed by atoms with E-state index in [4.69, 9.17) is 4.74 Å². The first-order valence-electron chi connectivity index (χ1n) is 6.38. The van der Waals surface area contributed by atoms with Crippen molar-refractivity contribution in [3.8, 4) is 0 Å². The number of carbonyl (C=O) groups is 1. The first-order valence-corrected chi connectivity index (χ1v) is 6.38. The van der Waals surface area contributed by atoms with Crippen molar-refractivity contribution in [3.63, 3.8) is 0 Å². The highest BCUT2D eigenvalue weighted by molar-refractivity contribution is 6.08. The van der Waals surface area contributed by atoms with Crippen LogP contribution in [0.1, 0.15) is 22.8 Å². The van der Waals surface area contributed by atoms with Crippen molar-refractivity contribution in [1.29, 1.82) is 0 Å². The van der Waals surface area contributed by atoms with Crippen LogP contribution < -0.4 is 0 Å². The summed E-state index contributed by atoms with van der Waals surface area (Å²) in [6.07, 6.45) is 3.95. The smallest absolute Gasteiger partial charge is 0.340 e. The van der Waals surface area contributed by atoms with Gasteiger partial charge in [-0.1, -0.05) is 24.3 Å². The molecule has 2 heterocycles. The molecule has 3 rings (SSSR count). The van der Waals surface area contributed by atoms with E-state index in [2.05, 4.69) is 6.07 Å². The number of aryl methyl sites for hydroxylation is 1. The van der Waals surface area contributed by atoms with Crippen LogP contribution in [-0.4, -0.2) is 17.0 Å². The van der Waals surface area contributed by atoms with Crippen LogP contribution in [0.2, 0.25) is 0 Å². The Morgan fingerprint density at radius 3 is 2.84 bits per heavy atom. The van der Waals surface area contributed by atoms with Crippen molar-refractivity contribution in [2.75, 3.05) is 6.61 Å². The number of ether oxygens (including phenoxy) is 1. The van der Waals surface area contributed by atoms with E-state index in [1.54, 1.807) is 0 Å². The van der Waals surface area contributed by atoms with Crippen molar-refractivity contribution in [2.24, 2.45) is 0 Å². The van der Waals surface area contributed by atoms with E-state index in [-0.39, 0.29) is 5.97 Å². The third kappa shape index (κ3) is 1.78. The number of pyridine rings is 1. The standard InChI is InChI=1S/C16H15NO2/c1-3-19-16(18)14-11(2)10-17-9-8-12-6-4-5-7-13(12)15(14)17/h4-10H,3H2,1-2H3. The molecule has 0 aliphatic rings. The molecule has 0 unspecified atom stereocenters. The summed E-state index contributed by atoms with van der Waals surface area (Å²) in [5, 5.41) is 2.19. The number of benzene rings is 1. The minimum Gasteiger partial charge on any atom is -0.462 e. The molecule has 0 fully saturated rings. The fourth-order valence-corrected chi connectivity index (χ4v) is 2.52. The van der Waals surface area contributed by atoms with Gasteiger partial charge >= 0.3 is 5.97 Å². The molecule has 0 N–H and O–H groups in total. The molecule has 0 aliphatic heterocycles. The van der Waals surface area contributed by atoms with Gasteiger partial charge in [0.05, 0.1) is 17.7 Å². The SMILES string of the molecule is CCOC(=O)c1c(C)cn2ccc3ccccc3c12. The molecule has 19 heavy (non-hydrogen) atoms. The van der Waals surface area contributed by atoms with E-state index in [0.717, 1.165) is 21.9 Å². The van der Waals surface area contributed by atoms with E-state index >= 15 is 0 Å². The summed E-state index contributed by atoms with van der Waals surface area (Å²) in [6, 6.07) is 10.1. The molecule has 3 heteroatoms. The lowest BCUT2D eigenvalue weighted by atomic mass is 10.1. The molecule has 0 aliphatic carbocycles. The highest BCUT2D eigenvalue weighted by Gasteiger charge is 2.18. The molecule has 3 nitrogen and oxygen atoms in total. The number of carbonyl (C=O) groups excluding carboxylic acids is 1. The van der Waals surface area contributed by atoms with Gasteiger partial charge in [-0.05, 0) is 30.9 Å². The Labute approximate surface area is 111 Å². The summed E-state index contributed by atoms with van der Waals surface area (Å²) in [6.45, 7) is 4.15. The van der Waals surface area contributed by atoms with E-state index in [9.17, 15) is 4.79 Å². The third-order valence-corrected chi connectivity index (χ3v) is 3.33. The molecule has 96 valence electrons. The number of aromatic nitrogens is 1. The number of esters is 1. The lowest BCUT2D eigenvalue weighted by molar-refractivity contribution is 0.0528. The summed E-state index contributed by atoms with van der Waals surface area (Å²) in [7, 11) is 0. The molecule has 0 atom stereocenters. The summed E-state index contributed by atoms with van der Waals surface area (Å²) < 4.78 is 7.16. The Balaban J connectivity index is 2.40. The number of rotatable bonds is 2. The van der Waals surface area contributed by atoms with E-state index in [1.165, 1.54) is 0 Å². The Morgan fingerprint density at radius 1 is 1.26 bits per heavy atom. The monoisotopic (exact) mass is 253 g/mol. The Bertz CT molecular complexity index is 771. The Kier molecular flexibility index (Phi) is 2.75. The zero-order valence-electron chi connectivity index (χ0n) is 11.0. The van der Waals surface area contributed by atoms with Crippen LogP contribution in [0.5, 0.6) is 0 Å². The number of hydrogen-bond acceptors (Lipinski definition) is 2. The zero-order chi connectivity index (χ0) is 13.4. The lowest BCUT2D eigenvalue weighted by Crippen LogP contribution is -2.05. The van der Waals surface area contributed by atoms with Crippen LogP contribution in [0, 0.1) is 6.92 Å². The normalized spacial score (nSPS) is 11.1. The average molecular weight is 253 g/mol. The molecule has 3 aromatic rings. The van der Waals surface area contributed by atoms with E-state index < -0.39 is 0 Å². The van der Waals surface area contributed by atoms with Gasteiger partial charge in [0, 0.05) is 17.8 Å². The van der Waals surface area contributed by atoms with Crippen molar-refractivity contribution in [1.82, 2.24) is 4.40 Å². The molecule has 0 radical (unpaired) electrons. The largest absolute Gasteiger partial charge is 0.462 e. The van der Waals surface area contributed by atoms with Gasteiger partial charge in [-0.2, -0.15) is 0 Å². The topological polar surface area (TPSA) is 30.7 Å². The molecular weight excluding hydrogens is 238 g/mol. The summed E-state index contributed by atoms with van der Waals surface area (Å²) in [5.41, 5.74) is 2.53. The first kappa shape index (κ1) is 11.8. The van der Waals surface area contributed by atoms with Crippen LogP contribution in [0.3, 0.4) is 0 Å². The van der Waals surface area contributed by atoms with E-state index in [1.807, 2.05) is 54.9 Å². The first-order chi connectivity index (χ1) is 9.22. The molecule has 2 aromatic heterocycles. The fraction of sp³-hybridized carbons (Fsp3) is 0.188. The highest BCUT2D eigenvalue weighted by atomic mass is 16.5. The van der Waals surface area contributed by atoms with Gasteiger partial charge in [-0.25, -0.2) is 4.79 Å². The fourth-order valence-electron chi connectivity index (χ4n) is 2.52. The number of fused-ring (bicyclic) bond motifs is 3. The Morgan fingerprint density at radius 2 is 2.05 bits per heavy atom. The molecular formula is C16H15NO2. The number of hydrogen-bond donors (Lipinski definition) is 0. The van der Waals surface area contributed by atoms with Crippen molar-refractivity contribution in [2.45, 2.75) is 13.8 Å². The van der Waals surface area contributed by atoms with Crippen LogP contribution in [0.15, 0.2) is 42.7 Å². The molecule has 0 spiro atoms. The maximum Gasteiger partial charge on any atom is 0.340 e. The lowest BCUT2D eigenvalue weighted by Gasteiger charge is -2.05. The van der Waals surface area contributed by atoms with Crippen LogP contribution in [0.4, 0.5) is 0 Å². The molecule has 1 aromatic carbocycles. The molecule has 0 bridgehead atoms. The molecule has 0 saturated carbocycles. The van der Waals surface area contributed by atoms with Crippen molar-refractivity contribution in [3.05, 3.63) is 53.9 Å². The second-order valence-corrected chi connectivity index (χ2v) is 4.57. The maximum atomic E-state index is 12.1. The van der Waals surface area contributed by atoms with Gasteiger partial charge in [0.25, 0.3) is 0 Å². The molecule has 0 amide bonds. The quantitative estimate of drug-likeness (QED) is 0.653. The maximum absolute atomic E-state index is 12.1. The third-order valence-electron chi connectivity index (χ3n) is 3.33. The van der Waals surface area contributed by atoms with Gasteiger partial charge in [0.2, 0.25) is 0 Å². The van der Waals surface area contributed by atoms with Crippen LogP contribution in [-0.2, 0) is 4.74 Å². The van der Waals surface area contributed by atoms with Gasteiger partial charge in [-0.3, -0.25) is 0 Å². The highest BCUT2D eigenvalue weighted by Crippen LogP contribution is 2.27. The molecule has 0 saturated heterocycles. The van der Waals surface area contributed by atoms with Gasteiger partial charge < -0.3 is 9.14 Å². The van der Waals surface area contributed by atoms with Crippen LogP contribution in [0.25, 0.3) is 16.3 Å². The zero-order valence-corrected chi connectivity index (χ0v) is 11.0. The van der Waals surface area contributed by atoms with Crippen molar-refractivity contribution >= 4 is 22.3 Å². The van der Waals surface area contributed by atoms with Gasteiger partial charge in [0.15, 0.2) is 0 Å².